The van der Waals surface area contributed by atoms with E-state index in [4.69, 9.17) is 9.84 Å². The Hall–Kier alpha value is -1.39. The van der Waals surface area contributed by atoms with Gasteiger partial charge in [0, 0.05) is 24.1 Å². The summed E-state index contributed by atoms with van der Waals surface area (Å²) in [4.78, 5) is 4.50. The third kappa shape index (κ3) is 6.25. The van der Waals surface area contributed by atoms with E-state index in [-0.39, 0.29) is 6.61 Å². The fourth-order valence-electron chi connectivity index (χ4n) is 2.81. The minimum absolute atomic E-state index is 0.259. The third-order valence-corrected chi connectivity index (χ3v) is 5.09. The summed E-state index contributed by atoms with van der Waals surface area (Å²) in [6.07, 6.45) is 9.65. The van der Waals surface area contributed by atoms with Crippen LogP contribution >= 0.6 is 11.3 Å². The van der Waals surface area contributed by atoms with E-state index >= 15 is 0 Å². The van der Waals surface area contributed by atoms with Gasteiger partial charge in [-0.25, -0.2) is 4.98 Å². The smallest absolute Gasteiger partial charge is 0.119 e. The Balaban J connectivity index is 1.92. The number of hydrogen-bond acceptors (Lipinski definition) is 4. The fraction of sp³-hybridized carbons (Fsp3) is 0.550. The summed E-state index contributed by atoms with van der Waals surface area (Å²) in [6, 6.07) is 8.46. The maximum Gasteiger partial charge on any atom is 0.119 e. The molecular weight excluding hydrogens is 318 g/mol. The third-order valence-electron chi connectivity index (χ3n) is 4.20. The van der Waals surface area contributed by atoms with E-state index in [1.54, 1.807) is 11.3 Å². The summed E-state index contributed by atoms with van der Waals surface area (Å²) in [6.45, 7) is 3.28. The molecule has 0 aliphatic carbocycles. The molecule has 1 unspecified atom stereocenters. The molecule has 2 aromatic rings. The summed E-state index contributed by atoms with van der Waals surface area (Å²) in [5.74, 6) is 1.26. The van der Waals surface area contributed by atoms with Crippen LogP contribution in [0.15, 0.2) is 35.8 Å². The largest absolute Gasteiger partial charge is 0.494 e. The SMILES string of the molecule is CCCCCCOc1ccc(C(CCCCO)c2nccs2)cc1. The van der Waals surface area contributed by atoms with E-state index in [1.165, 1.54) is 24.8 Å². The molecule has 1 N–H and O–H groups in total. The number of aromatic nitrogens is 1. The molecule has 4 heteroatoms. The van der Waals surface area contributed by atoms with Crippen LogP contribution in [-0.4, -0.2) is 23.3 Å². The highest BCUT2D eigenvalue weighted by Crippen LogP contribution is 2.32. The minimum Gasteiger partial charge on any atom is -0.494 e. The van der Waals surface area contributed by atoms with Crippen LogP contribution in [0.5, 0.6) is 5.75 Å². The van der Waals surface area contributed by atoms with Gasteiger partial charge in [0.25, 0.3) is 0 Å². The van der Waals surface area contributed by atoms with Crippen LogP contribution < -0.4 is 4.74 Å². The number of aliphatic hydroxyl groups excluding tert-OH is 1. The monoisotopic (exact) mass is 347 g/mol. The molecule has 0 aliphatic rings. The van der Waals surface area contributed by atoms with Gasteiger partial charge < -0.3 is 9.84 Å². The normalized spacial score (nSPS) is 12.2. The molecule has 1 heterocycles. The number of thiazole rings is 1. The van der Waals surface area contributed by atoms with Gasteiger partial charge in [0.15, 0.2) is 0 Å². The van der Waals surface area contributed by atoms with Crippen molar-refractivity contribution in [2.75, 3.05) is 13.2 Å². The lowest BCUT2D eigenvalue weighted by Crippen LogP contribution is -2.02. The molecule has 0 saturated carbocycles. The van der Waals surface area contributed by atoms with Crippen molar-refractivity contribution in [1.29, 1.82) is 0 Å². The van der Waals surface area contributed by atoms with Crippen molar-refractivity contribution in [3.05, 3.63) is 46.4 Å². The van der Waals surface area contributed by atoms with Gasteiger partial charge in [-0.15, -0.1) is 11.3 Å². The van der Waals surface area contributed by atoms with Gasteiger partial charge in [-0.05, 0) is 37.0 Å². The van der Waals surface area contributed by atoms with Crippen molar-refractivity contribution < 1.29 is 9.84 Å². The standard InChI is InChI=1S/C20H29NO2S/c1-2-3-4-7-15-23-18-11-9-17(10-12-18)19(8-5-6-14-22)20-21-13-16-24-20/h9-13,16,19,22H,2-8,14-15H2,1H3. The number of unbranched alkanes of at least 4 members (excludes halogenated alkanes) is 4. The number of nitrogens with zero attached hydrogens (tertiary/aromatic N) is 1. The van der Waals surface area contributed by atoms with Gasteiger partial charge in [0.2, 0.25) is 0 Å². The average molecular weight is 348 g/mol. The molecule has 0 saturated heterocycles. The zero-order valence-electron chi connectivity index (χ0n) is 14.6. The zero-order valence-corrected chi connectivity index (χ0v) is 15.4. The molecule has 0 fully saturated rings. The Morgan fingerprint density at radius 2 is 1.92 bits per heavy atom. The van der Waals surface area contributed by atoms with Crippen LogP contribution in [-0.2, 0) is 0 Å². The Labute approximate surface area is 149 Å². The molecule has 1 aromatic carbocycles. The first-order valence-electron chi connectivity index (χ1n) is 9.08. The molecule has 0 bridgehead atoms. The maximum atomic E-state index is 9.02. The molecular formula is C20H29NO2S. The molecule has 0 spiro atoms. The van der Waals surface area contributed by atoms with Crippen molar-refractivity contribution in [2.24, 2.45) is 0 Å². The first-order valence-corrected chi connectivity index (χ1v) is 9.96. The van der Waals surface area contributed by atoms with E-state index < -0.39 is 0 Å². The predicted octanol–water partition coefficient (Wildman–Crippen LogP) is 5.40. The Bertz CT molecular complexity index is 539. The van der Waals surface area contributed by atoms with Crippen LogP contribution in [0, 0.1) is 0 Å². The van der Waals surface area contributed by atoms with E-state index in [2.05, 4.69) is 36.2 Å². The highest BCUT2D eigenvalue weighted by Gasteiger charge is 2.16. The number of hydrogen-bond donors (Lipinski definition) is 1. The van der Waals surface area contributed by atoms with Gasteiger partial charge in [-0.2, -0.15) is 0 Å². The Kier molecular flexibility index (Phi) is 8.85. The van der Waals surface area contributed by atoms with E-state index in [0.29, 0.717) is 5.92 Å². The molecule has 2 rings (SSSR count). The number of rotatable bonds is 12. The van der Waals surface area contributed by atoms with Gasteiger partial charge in [-0.1, -0.05) is 44.7 Å². The van der Waals surface area contributed by atoms with E-state index in [1.807, 2.05) is 11.6 Å². The fourth-order valence-corrected chi connectivity index (χ4v) is 3.62. The average Bonchev–Trinajstić information content (AvgIpc) is 3.14. The van der Waals surface area contributed by atoms with Crippen LogP contribution in [0.3, 0.4) is 0 Å². The molecule has 1 aromatic heterocycles. The lowest BCUT2D eigenvalue weighted by atomic mass is 9.94. The summed E-state index contributed by atoms with van der Waals surface area (Å²) >= 11 is 1.70. The number of ether oxygens (including phenoxy) is 1. The molecule has 0 aliphatic heterocycles. The lowest BCUT2D eigenvalue weighted by molar-refractivity contribution is 0.282. The highest BCUT2D eigenvalue weighted by atomic mass is 32.1. The lowest BCUT2D eigenvalue weighted by Gasteiger charge is -2.15. The van der Waals surface area contributed by atoms with Crippen molar-refractivity contribution in [2.45, 2.75) is 57.8 Å². The number of benzene rings is 1. The van der Waals surface area contributed by atoms with Crippen LogP contribution in [0.1, 0.15) is 68.4 Å². The zero-order chi connectivity index (χ0) is 17.0. The van der Waals surface area contributed by atoms with Gasteiger partial charge >= 0.3 is 0 Å². The molecule has 1 atom stereocenters. The molecule has 24 heavy (non-hydrogen) atoms. The quantitative estimate of drug-likeness (QED) is 0.523. The Morgan fingerprint density at radius 3 is 2.58 bits per heavy atom. The van der Waals surface area contributed by atoms with Crippen LogP contribution in [0.4, 0.5) is 0 Å². The first-order chi connectivity index (χ1) is 11.8. The van der Waals surface area contributed by atoms with Crippen LogP contribution in [0.25, 0.3) is 0 Å². The van der Waals surface area contributed by atoms with Crippen molar-refractivity contribution in [3.8, 4) is 5.75 Å². The number of aliphatic hydroxyl groups is 1. The van der Waals surface area contributed by atoms with Gasteiger partial charge in [-0.3, -0.25) is 0 Å². The Morgan fingerprint density at radius 1 is 1.08 bits per heavy atom. The van der Waals surface area contributed by atoms with Crippen LogP contribution in [0.2, 0.25) is 0 Å². The summed E-state index contributed by atoms with van der Waals surface area (Å²) < 4.78 is 5.83. The topological polar surface area (TPSA) is 42.4 Å². The predicted molar refractivity (Wildman–Crippen MR) is 101 cm³/mol. The summed E-state index contributed by atoms with van der Waals surface area (Å²) in [5, 5.41) is 12.2. The summed E-state index contributed by atoms with van der Waals surface area (Å²) in [7, 11) is 0. The second-order valence-corrected chi connectivity index (χ2v) is 7.05. The molecule has 0 amide bonds. The maximum absolute atomic E-state index is 9.02. The van der Waals surface area contributed by atoms with Crippen molar-refractivity contribution in [3.63, 3.8) is 0 Å². The molecule has 0 radical (unpaired) electrons. The van der Waals surface area contributed by atoms with E-state index in [9.17, 15) is 0 Å². The minimum atomic E-state index is 0.259. The second kappa shape index (κ2) is 11.2. The van der Waals surface area contributed by atoms with Crippen molar-refractivity contribution in [1.82, 2.24) is 4.98 Å². The van der Waals surface area contributed by atoms with E-state index in [0.717, 1.165) is 43.0 Å². The van der Waals surface area contributed by atoms with Gasteiger partial charge in [0.1, 0.15) is 5.75 Å². The second-order valence-electron chi connectivity index (χ2n) is 6.12. The highest BCUT2D eigenvalue weighted by molar-refractivity contribution is 7.09. The van der Waals surface area contributed by atoms with Crippen molar-refractivity contribution >= 4 is 11.3 Å². The molecule has 3 nitrogen and oxygen atoms in total. The van der Waals surface area contributed by atoms with Gasteiger partial charge in [0.05, 0.1) is 11.6 Å². The molecule has 132 valence electrons. The summed E-state index contributed by atoms with van der Waals surface area (Å²) in [5.41, 5.74) is 1.28. The first kappa shape index (κ1) is 18.9.